The van der Waals surface area contributed by atoms with Gasteiger partial charge in [0.2, 0.25) is 0 Å². The van der Waals surface area contributed by atoms with Crippen LogP contribution in [0.15, 0.2) is 48.9 Å². The van der Waals surface area contributed by atoms with Crippen LogP contribution in [0.5, 0.6) is 0 Å². The number of aromatic nitrogens is 1. The zero-order valence-corrected chi connectivity index (χ0v) is 12.7. The zero-order valence-electron chi connectivity index (χ0n) is 12.7. The van der Waals surface area contributed by atoms with Crippen LogP contribution in [0.2, 0.25) is 0 Å². The fourth-order valence-electron chi connectivity index (χ4n) is 2.48. The molecule has 0 radical (unpaired) electrons. The molecule has 3 rings (SSSR count). The average molecular weight is 295 g/mol. The largest absolute Gasteiger partial charge is 0.403 e. The molecule has 1 aliphatic carbocycles. The van der Waals surface area contributed by atoms with E-state index in [0.717, 1.165) is 33.5 Å². The molecule has 5 N–H and O–H groups in total. The number of anilines is 1. The molecular formula is C17H21N5. The van der Waals surface area contributed by atoms with Gasteiger partial charge < -0.3 is 16.1 Å². The van der Waals surface area contributed by atoms with E-state index in [4.69, 9.17) is 11.6 Å². The van der Waals surface area contributed by atoms with Gasteiger partial charge in [0.15, 0.2) is 0 Å². The predicted octanol–water partition coefficient (Wildman–Crippen LogP) is 2.63. The Bertz CT molecular complexity index is 744. The summed E-state index contributed by atoms with van der Waals surface area (Å²) >= 11 is 0. The van der Waals surface area contributed by atoms with Gasteiger partial charge in [-0.3, -0.25) is 0 Å². The van der Waals surface area contributed by atoms with Crippen LogP contribution in [-0.4, -0.2) is 17.0 Å². The number of fused-ring (bicyclic) bond motifs is 1. The molecule has 2 aromatic rings. The van der Waals surface area contributed by atoms with Gasteiger partial charge >= 0.3 is 0 Å². The van der Waals surface area contributed by atoms with E-state index in [1.807, 2.05) is 24.4 Å². The second kappa shape index (κ2) is 5.69. The average Bonchev–Trinajstić information content (AvgIpc) is 3.32. The molecule has 0 aliphatic heterocycles. The number of nitrogens with two attached hydrogens (primary N) is 2. The minimum Gasteiger partial charge on any atom is -0.403 e. The second-order valence-electron chi connectivity index (χ2n) is 5.72. The Morgan fingerprint density at radius 2 is 2.14 bits per heavy atom. The lowest BCUT2D eigenvalue weighted by molar-refractivity contribution is 0.510. The van der Waals surface area contributed by atoms with Crippen molar-refractivity contribution in [3.63, 3.8) is 0 Å². The van der Waals surface area contributed by atoms with E-state index in [9.17, 15) is 0 Å². The number of hydrogen-bond donors (Lipinski definition) is 3. The summed E-state index contributed by atoms with van der Waals surface area (Å²) in [4.78, 5) is 4.44. The van der Waals surface area contributed by atoms with Gasteiger partial charge in [-0.25, -0.2) is 10.8 Å². The van der Waals surface area contributed by atoms with Crippen LogP contribution in [0.3, 0.4) is 0 Å². The van der Waals surface area contributed by atoms with Crippen LogP contribution in [0.25, 0.3) is 16.5 Å². The van der Waals surface area contributed by atoms with E-state index in [-0.39, 0.29) is 0 Å². The first kappa shape index (κ1) is 14.4. The lowest BCUT2D eigenvalue weighted by Crippen LogP contribution is -2.24. The molecule has 22 heavy (non-hydrogen) atoms. The van der Waals surface area contributed by atoms with Gasteiger partial charge in [-0.05, 0) is 36.3 Å². The number of nitrogens with one attached hydrogen (secondary N) is 1. The van der Waals surface area contributed by atoms with E-state index in [0.29, 0.717) is 5.92 Å². The molecule has 1 aliphatic rings. The molecule has 5 nitrogen and oxygen atoms in total. The first-order valence-electron chi connectivity index (χ1n) is 7.35. The maximum atomic E-state index is 5.81. The molecule has 0 amide bonds. The van der Waals surface area contributed by atoms with Crippen molar-refractivity contribution >= 4 is 22.3 Å². The highest BCUT2D eigenvalue weighted by Gasteiger charge is 2.24. The second-order valence-corrected chi connectivity index (χ2v) is 5.72. The number of pyridine rings is 1. The van der Waals surface area contributed by atoms with Crippen molar-refractivity contribution in [1.82, 2.24) is 9.99 Å². The molecule has 0 unspecified atom stereocenters. The van der Waals surface area contributed by atoms with Gasteiger partial charge in [0.1, 0.15) is 5.82 Å². The van der Waals surface area contributed by atoms with Crippen LogP contribution in [0.4, 0.5) is 5.82 Å². The topological polar surface area (TPSA) is 80.2 Å². The molecule has 0 spiro atoms. The highest BCUT2D eigenvalue weighted by atomic mass is 15.4. The Morgan fingerprint density at radius 1 is 1.36 bits per heavy atom. The molecule has 1 aromatic heterocycles. The molecular weight excluding hydrogens is 274 g/mol. The predicted molar refractivity (Wildman–Crippen MR) is 91.3 cm³/mol. The quantitative estimate of drug-likeness (QED) is 0.583. The first-order chi connectivity index (χ1) is 10.6. The number of benzene rings is 1. The van der Waals surface area contributed by atoms with E-state index in [1.54, 1.807) is 7.05 Å². The Balaban J connectivity index is 1.93. The van der Waals surface area contributed by atoms with Crippen molar-refractivity contribution in [2.75, 3.05) is 12.4 Å². The summed E-state index contributed by atoms with van der Waals surface area (Å²) in [6.45, 7) is 4.07. The van der Waals surface area contributed by atoms with E-state index < -0.39 is 0 Å². The Labute approximate surface area is 130 Å². The summed E-state index contributed by atoms with van der Waals surface area (Å²) in [5.41, 5.74) is 8.46. The monoisotopic (exact) mass is 295 g/mol. The molecule has 1 heterocycles. The third kappa shape index (κ3) is 2.89. The summed E-state index contributed by atoms with van der Waals surface area (Å²) in [6.07, 6.45) is 5.81. The van der Waals surface area contributed by atoms with Crippen LogP contribution in [0, 0.1) is 5.92 Å². The highest BCUT2D eigenvalue weighted by molar-refractivity contribution is 5.87. The number of rotatable bonds is 5. The third-order valence-corrected chi connectivity index (χ3v) is 3.91. The molecule has 5 heteroatoms. The molecule has 1 aromatic carbocycles. The maximum absolute atomic E-state index is 5.81. The number of hydrazine groups is 1. The van der Waals surface area contributed by atoms with Crippen molar-refractivity contribution in [1.29, 1.82) is 0 Å². The van der Waals surface area contributed by atoms with Gasteiger partial charge in [-0.1, -0.05) is 18.7 Å². The van der Waals surface area contributed by atoms with E-state index in [1.165, 1.54) is 24.1 Å². The molecule has 1 saturated carbocycles. The van der Waals surface area contributed by atoms with Crippen molar-refractivity contribution in [2.24, 2.45) is 17.5 Å². The van der Waals surface area contributed by atoms with Gasteiger partial charge in [0.25, 0.3) is 0 Å². The minimum atomic E-state index is 0.599. The van der Waals surface area contributed by atoms with Crippen molar-refractivity contribution in [2.45, 2.75) is 12.8 Å². The van der Waals surface area contributed by atoms with E-state index in [2.05, 4.69) is 22.9 Å². The molecule has 0 atom stereocenters. The zero-order chi connectivity index (χ0) is 15.7. The smallest absolute Gasteiger partial charge is 0.130 e. The number of hydrogen-bond acceptors (Lipinski definition) is 5. The SMILES string of the molecule is C=C(Nc1cc2cc(/C(=C/N)N(C)N)ccc2cn1)C1CC1. The van der Waals surface area contributed by atoms with Crippen LogP contribution in [0.1, 0.15) is 18.4 Å². The Hall–Kier alpha value is -2.53. The molecule has 114 valence electrons. The van der Waals surface area contributed by atoms with Crippen LogP contribution >= 0.6 is 0 Å². The number of allylic oxidation sites excluding steroid dienone is 1. The summed E-state index contributed by atoms with van der Waals surface area (Å²) in [5, 5.41) is 6.97. The molecule has 0 bridgehead atoms. The molecule has 1 fully saturated rings. The summed E-state index contributed by atoms with van der Waals surface area (Å²) < 4.78 is 0. The Kier molecular flexibility index (Phi) is 3.73. The van der Waals surface area contributed by atoms with Crippen molar-refractivity contribution < 1.29 is 0 Å². The lowest BCUT2D eigenvalue weighted by atomic mass is 10.1. The third-order valence-electron chi connectivity index (χ3n) is 3.91. The fraction of sp³-hybridized carbons (Fsp3) is 0.235. The summed E-state index contributed by atoms with van der Waals surface area (Å²) in [5.74, 6) is 7.23. The Morgan fingerprint density at radius 3 is 2.77 bits per heavy atom. The van der Waals surface area contributed by atoms with E-state index >= 15 is 0 Å². The van der Waals surface area contributed by atoms with Gasteiger partial charge in [0.05, 0.1) is 5.70 Å². The van der Waals surface area contributed by atoms with Crippen molar-refractivity contribution in [3.8, 4) is 0 Å². The lowest BCUT2D eigenvalue weighted by Gasteiger charge is -2.17. The molecule has 0 saturated heterocycles. The minimum absolute atomic E-state index is 0.599. The maximum Gasteiger partial charge on any atom is 0.130 e. The highest BCUT2D eigenvalue weighted by Crippen LogP contribution is 2.35. The normalized spacial score (nSPS) is 14.9. The van der Waals surface area contributed by atoms with Crippen LogP contribution < -0.4 is 16.9 Å². The first-order valence-corrected chi connectivity index (χ1v) is 7.35. The van der Waals surface area contributed by atoms with Crippen molar-refractivity contribution in [3.05, 3.63) is 54.5 Å². The standard InChI is InChI=1S/C17H21N5/c1-11(12-3-4-12)21-17-8-15-7-13(16(9-18)22(2)19)5-6-14(15)10-20-17/h5-10,12H,1,3-4,18-19H2,2H3,(H,20,21)/b16-9-. The fourth-order valence-corrected chi connectivity index (χ4v) is 2.48. The number of nitrogens with zero attached hydrogens (tertiary/aromatic N) is 2. The van der Waals surface area contributed by atoms with Gasteiger partial charge in [-0.2, -0.15) is 0 Å². The summed E-state index contributed by atoms with van der Waals surface area (Å²) in [6, 6.07) is 8.09. The summed E-state index contributed by atoms with van der Waals surface area (Å²) in [7, 11) is 1.77. The van der Waals surface area contributed by atoms with Gasteiger partial charge in [-0.15, -0.1) is 0 Å². The van der Waals surface area contributed by atoms with Gasteiger partial charge in [0, 0.05) is 36.1 Å². The van der Waals surface area contributed by atoms with Crippen LogP contribution in [-0.2, 0) is 0 Å².